The molecule has 0 N–H and O–H groups in total. The molecule has 0 bridgehead atoms. The second-order valence-corrected chi connectivity index (χ2v) is 7.60. The average Bonchev–Trinajstić information content (AvgIpc) is 2.54. The fourth-order valence-electron chi connectivity index (χ4n) is 2.92. The number of hydrogen-bond donors (Lipinski definition) is 0. The molecule has 0 radical (unpaired) electrons. The van der Waals surface area contributed by atoms with Crippen molar-refractivity contribution in [3.63, 3.8) is 0 Å². The van der Waals surface area contributed by atoms with Crippen LogP contribution in [0.15, 0.2) is 24.8 Å². The first-order valence-electron chi connectivity index (χ1n) is 8.79. The van der Waals surface area contributed by atoms with Crippen molar-refractivity contribution in [1.29, 1.82) is 0 Å². The summed E-state index contributed by atoms with van der Waals surface area (Å²) in [6, 6.07) is 4.48. The van der Waals surface area contributed by atoms with Gasteiger partial charge in [0.2, 0.25) is 5.91 Å². The summed E-state index contributed by atoms with van der Waals surface area (Å²) in [5.74, 6) is -0.391. The maximum absolute atomic E-state index is 13.5. The Morgan fingerprint density at radius 1 is 1.35 bits per heavy atom. The molecule has 0 saturated carbocycles. The number of benzene rings is 1. The molecule has 1 aliphatic heterocycles. The standard InChI is InChI=1S/C20H27FN2O3/c1-6-16-11-15(7-8-17(16)21)12-18(24)22-9-10-23(14(2)13-22)19(25)26-20(3,4)5/h6-8,11,14H,1,9-10,12-13H2,2-5H3/t14-/m0/s1. The number of ether oxygens (including phenoxy) is 1. The van der Waals surface area contributed by atoms with Gasteiger partial charge in [0.05, 0.1) is 6.42 Å². The van der Waals surface area contributed by atoms with Crippen molar-refractivity contribution >= 4 is 18.1 Å². The Morgan fingerprint density at radius 3 is 2.62 bits per heavy atom. The number of halogens is 1. The van der Waals surface area contributed by atoms with Crippen LogP contribution in [0.2, 0.25) is 0 Å². The molecule has 1 heterocycles. The predicted molar refractivity (Wildman–Crippen MR) is 99.2 cm³/mol. The van der Waals surface area contributed by atoms with E-state index in [1.807, 2.05) is 27.7 Å². The molecule has 1 saturated heterocycles. The van der Waals surface area contributed by atoms with Gasteiger partial charge in [-0.2, -0.15) is 0 Å². The van der Waals surface area contributed by atoms with Gasteiger partial charge >= 0.3 is 6.09 Å². The highest BCUT2D eigenvalue weighted by Gasteiger charge is 2.32. The van der Waals surface area contributed by atoms with Crippen molar-refractivity contribution < 1.29 is 18.7 Å². The van der Waals surface area contributed by atoms with Crippen molar-refractivity contribution in [2.45, 2.75) is 45.8 Å². The van der Waals surface area contributed by atoms with E-state index < -0.39 is 5.60 Å². The zero-order chi connectivity index (χ0) is 19.5. The highest BCUT2D eigenvalue weighted by molar-refractivity contribution is 5.79. The Labute approximate surface area is 154 Å². The molecule has 1 atom stereocenters. The van der Waals surface area contributed by atoms with Gasteiger partial charge in [0.15, 0.2) is 0 Å². The number of hydrogen-bond acceptors (Lipinski definition) is 3. The lowest BCUT2D eigenvalue weighted by Gasteiger charge is -2.40. The summed E-state index contributed by atoms with van der Waals surface area (Å²) >= 11 is 0. The van der Waals surface area contributed by atoms with Crippen molar-refractivity contribution in [3.8, 4) is 0 Å². The lowest BCUT2D eigenvalue weighted by Crippen LogP contribution is -2.56. The van der Waals surface area contributed by atoms with E-state index in [2.05, 4.69) is 6.58 Å². The van der Waals surface area contributed by atoms with Gasteiger partial charge in [0.1, 0.15) is 11.4 Å². The van der Waals surface area contributed by atoms with Crippen LogP contribution >= 0.6 is 0 Å². The van der Waals surface area contributed by atoms with Gasteiger partial charge in [-0.25, -0.2) is 9.18 Å². The Balaban J connectivity index is 1.96. The predicted octanol–water partition coefficient (Wildman–Crippen LogP) is 3.48. The lowest BCUT2D eigenvalue weighted by molar-refractivity contribution is -0.133. The van der Waals surface area contributed by atoms with E-state index in [1.165, 1.54) is 12.1 Å². The number of carbonyl (C=O) groups is 2. The van der Waals surface area contributed by atoms with Gasteiger partial charge in [-0.05, 0) is 45.4 Å². The molecule has 1 aromatic carbocycles. The van der Waals surface area contributed by atoms with Gasteiger partial charge < -0.3 is 14.5 Å². The summed E-state index contributed by atoms with van der Waals surface area (Å²) in [5, 5.41) is 0. The van der Waals surface area contributed by atoms with Crippen LogP contribution in [0.3, 0.4) is 0 Å². The van der Waals surface area contributed by atoms with Gasteiger partial charge in [0, 0.05) is 31.2 Å². The summed E-state index contributed by atoms with van der Waals surface area (Å²) in [7, 11) is 0. The lowest BCUT2D eigenvalue weighted by atomic mass is 10.1. The zero-order valence-corrected chi connectivity index (χ0v) is 15.9. The fourth-order valence-corrected chi connectivity index (χ4v) is 2.92. The Kier molecular flexibility index (Phi) is 6.05. The third-order valence-electron chi connectivity index (χ3n) is 4.24. The average molecular weight is 362 g/mol. The van der Waals surface area contributed by atoms with Gasteiger partial charge in [-0.3, -0.25) is 4.79 Å². The largest absolute Gasteiger partial charge is 0.444 e. The van der Waals surface area contributed by atoms with Crippen molar-refractivity contribution in [1.82, 2.24) is 9.80 Å². The van der Waals surface area contributed by atoms with E-state index in [9.17, 15) is 14.0 Å². The van der Waals surface area contributed by atoms with Crippen LogP contribution in [0.25, 0.3) is 6.08 Å². The highest BCUT2D eigenvalue weighted by atomic mass is 19.1. The van der Waals surface area contributed by atoms with Crippen molar-refractivity contribution in [2.75, 3.05) is 19.6 Å². The Hall–Kier alpha value is -2.37. The van der Waals surface area contributed by atoms with Crippen LogP contribution < -0.4 is 0 Å². The van der Waals surface area contributed by atoms with Crippen LogP contribution in [-0.2, 0) is 16.0 Å². The van der Waals surface area contributed by atoms with Gasteiger partial charge in [-0.1, -0.05) is 18.7 Å². The number of rotatable bonds is 3. The van der Waals surface area contributed by atoms with Crippen LogP contribution in [0, 0.1) is 5.82 Å². The first kappa shape index (κ1) is 19.9. The topological polar surface area (TPSA) is 49.9 Å². The number of nitrogens with zero attached hydrogens (tertiary/aromatic N) is 2. The molecule has 2 rings (SSSR count). The van der Waals surface area contributed by atoms with E-state index in [4.69, 9.17) is 4.74 Å². The number of piperazine rings is 1. The first-order valence-corrected chi connectivity index (χ1v) is 8.79. The molecule has 1 aromatic rings. The minimum Gasteiger partial charge on any atom is -0.444 e. The van der Waals surface area contributed by atoms with E-state index in [1.54, 1.807) is 21.9 Å². The molecular weight excluding hydrogens is 335 g/mol. The molecule has 142 valence electrons. The summed E-state index contributed by atoms with van der Waals surface area (Å²) < 4.78 is 18.9. The molecule has 6 heteroatoms. The van der Waals surface area contributed by atoms with Crippen LogP contribution in [-0.4, -0.2) is 53.1 Å². The minimum absolute atomic E-state index is 0.0395. The highest BCUT2D eigenvalue weighted by Crippen LogP contribution is 2.17. The second kappa shape index (κ2) is 7.89. The number of amides is 2. The molecule has 0 aromatic heterocycles. The van der Waals surface area contributed by atoms with E-state index in [0.29, 0.717) is 25.2 Å². The van der Waals surface area contributed by atoms with E-state index >= 15 is 0 Å². The summed E-state index contributed by atoms with van der Waals surface area (Å²) in [4.78, 5) is 28.2. The summed E-state index contributed by atoms with van der Waals surface area (Å²) in [6.07, 6.45) is 1.27. The molecular formula is C20H27FN2O3. The minimum atomic E-state index is -0.546. The maximum Gasteiger partial charge on any atom is 0.410 e. The third kappa shape index (κ3) is 5.07. The van der Waals surface area contributed by atoms with Gasteiger partial charge in [-0.15, -0.1) is 0 Å². The van der Waals surface area contributed by atoms with Gasteiger partial charge in [0.25, 0.3) is 0 Å². The quantitative estimate of drug-likeness (QED) is 0.827. The third-order valence-corrected chi connectivity index (χ3v) is 4.24. The number of carbonyl (C=O) groups excluding carboxylic acids is 2. The monoisotopic (exact) mass is 362 g/mol. The van der Waals surface area contributed by atoms with E-state index in [-0.39, 0.29) is 30.3 Å². The van der Waals surface area contributed by atoms with E-state index in [0.717, 1.165) is 5.56 Å². The Bertz CT molecular complexity index is 697. The molecule has 0 spiro atoms. The summed E-state index contributed by atoms with van der Waals surface area (Å²) in [6.45, 7) is 12.3. The van der Waals surface area contributed by atoms with Crippen molar-refractivity contribution in [3.05, 3.63) is 41.7 Å². The molecule has 1 fully saturated rings. The Morgan fingerprint density at radius 2 is 2.04 bits per heavy atom. The fraction of sp³-hybridized carbons (Fsp3) is 0.500. The molecule has 26 heavy (non-hydrogen) atoms. The summed E-state index contributed by atoms with van der Waals surface area (Å²) in [5.41, 5.74) is 0.585. The van der Waals surface area contributed by atoms with Crippen LogP contribution in [0.4, 0.5) is 9.18 Å². The van der Waals surface area contributed by atoms with Crippen LogP contribution in [0.1, 0.15) is 38.8 Å². The first-order chi connectivity index (χ1) is 12.1. The molecule has 1 aliphatic rings. The molecule has 0 aliphatic carbocycles. The molecule has 0 unspecified atom stereocenters. The normalized spacial score (nSPS) is 17.8. The van der Waals surface area contributed by atoms with Crippen molar-refractivity contribution in [2.24, 2.45) is 0 Å². The van der Waals surface area contributed by atoms with Crippen LogP contribution in [0.5, 0.6) is 0 Å². The molecule has 2 amide bonds. The maximum atomic E-state index is 13.5. The molecule has 5 nitrogen and oxygen atoms in total. The smallest absolute Gasteiger partial charge is 0.410 e. The SMILES string of the molecule is C=Cc1cc(CC(=O)N2CCN(C(=O)OC(C)(C)C)[C@@H](C)C2)ccc1F. The zero-order valence-electron chi connectivity index (χ0n) is 15.9. The second-order valence-electron chi connectivity index (χ2n) is 7.60.